The predicted octanol–water partition coefficient (Wildman–Crippen LogP) is 5.97. The second-order valence-electron chi connectivity index (χ2n) is 7.10. The Labute approximate surface area is 206 Å². The van der Waals surface area contributed by atoms with E-state index in [1.165, 1.54) is 11.3 Å². The van der Waals surface area contributed by atoms with Gasteiger partial charge in [0.1, 0.15) is 0 Å². The summed E-state index contributed by atoms with van der Waals surface area (Å²) in [4.78, 5) is 22.2. The number of ether oxygens (including phenoxy) is 1. The third-order valence-electron chi connectivity index (χ3n) is 5.02. The summed E-state index contributed by atoms with van der Waals surface area (Å²) in [5.41, 5.74) is 2.18. The average molecular weight is 521 g/mol. The van der Waals surface area contributed by atoms with Crippen molar-refractivity contribution in [1.29, 1.82) is 0 Å². The summed E-state index contributed by atoms with van der Waals surface area (Å²) in [5, 5.41) is 2.09. The van der Waals surface area contributed by atoms with Crippen LogP contribution in [0.3, 0.4) is 0 Å². The molecule has 2 heterocycles. The molecule has 0 spiro atoms. The van der Waals surface area contributed by atoms with Gasteiger partial charge in [0.05, 0.1) is 34.0 Å². The van der Waals surface area contributed by atoms with Crippen LogP contribution in [0.4, 0.5) is 5.13 Å². The van der Waals surface area contributed by atoms with Gasteiger partial charge in [-0.3, -0.25) is 14.6 Å². The molecular formula is C21H21Cl4N3O2S. The van der Waals surface area contributed by atoms with E-state index in [0.717, 1.165) is 28.9 Å². The fourth-order valence-corrected chi connectivity index (χ4v) is 5.23. The Morgan fingerprint density at radius 2 is 1.90 bits per heavy atom. The number of hydrogen-bond acceptors (Lipinski definition) is 5. The highest BCUT2D eigenvalue weighted by Gasteiger charge is 2.25. The molecule has 2 aromatic carbocycles. The Hall–Kier alpha value is -1.12. The van der Waals surface area contributed by atoms with Crippen LogP contribution in [0.15, 0.2) is 30.3 Å². The van der Waals surface area contributed by atoms with Crippen LogP contribution in [0.2, 0.25) is 15.1 Å². The average Bonchev–Trinajstić information content (AvgIpc) is 3.14. The summed E-state index contributed by atoms with van der Waals surface area (Å²) < 4.78 is 6.37. The molecule has 166 valence electrons. The molecule has 1 amide bonds. The van der Waals surface area contributed by atoms with Crippen molar-refractivity contribution in [1.82, 2.24) is 9.88 Å². The zero-order valence-electron chi connectivity index (χ0n) is 16.7. The van der Waals surface area contributed by atoms with Gasteiger partial charge in [-0.25, -0.2) is 4.98 Å². The molecule has 3 aromatic rings. The molecule has 5 nitrogen and oxygen atoms in total. The van der Waals surface area contributed by atoms with Gasteiger partial charge in [0.2, 0.25) is 0 Å². The molecule has 1 aliphatic heterocycles. The van der Waals surface area contributed by atoms with E-state index in [1.54, 1.807) is 23.1 Å². The van der Waals surface area contributed by atoms with E-state index < -0.39 is 0 Å². The monoisotopic (exact) mass is 519 g/mol. The number of benzene rings is 2. The zero-order chi connectivity index (χ0) is 21.3. The number of nitrogens with zero attached hydrogens (tertiary/aromatic N) is 3. The maximum atomic E-state index is 13.5. The molecule has 1 aromatic heterocycles. The first-order chi connectivity index (χ1) is 14.4. The third kappa shape index (κ3) is 5.63. The Morgan fingerprint density at radius 3 is 2.65 bits per heavy atom. The summed E-state index contributed by atoms with van der Waals surface area (Å²) in [6.45, 7) is 6.24. The second kappa shape index (κ2) is 10.7. The van der Waals surface area contributed by atoms with Gasteiger partial charge in [-0.1, -0.05) is 46.1 Å². The minimum Gasteiger partial charge on any atom is -0.379 e. The van der Waals surface area contributed by atoms with Crippen molar-refractivity contribution in [2.45, 2.75) is 6.92 Å². The molecule has 0 saturated carbocycles. The number of thiazole rings is 1. The van der Waals surface area contributed by atoms with Gasteiger partial charge >= 0.3 is 0 Å². The lowest BCUT2D eigenvalue weighted by molar-refractivity contribution is 0.0391. The summed E-state index contributed by atoms with van der Waals surface area (Å²) in [6, 6.07) is 8.66. The van der Waals surface area contributed by atoms with Gasteiger partial charge in [0.25, 0.3) is 5.91 Å². The number of aryl methyl sites for hydroxylation is 1. The van der Waals surface area contributed by atoms with E-state index in [0.29, 0.717) is 52.1 Å². The van der Waals surface area contributed by atoms with Crippen molar-refractivity contribution in [3.8, 4) is 0 Å². The molecule has 1 aliphatic rings. The first-order valence-electron chi connectivity index (χ1n) is 9.56. The van der Waals surface area contributed by atoms with Crippen LogP contribution in [0.5, 0.6) is 0 Å². The molecule has 1 saturated heterocycles. The Bertz CT molecular complexity index is 1090. The maximum absolute atomic E-state index is 13.5. The lowest BCUT2D eigenvalue weighted by Gasteiger charge is -2.29. The summed E-state index contributed by atoms with van der Waals surface area (Å²) in [7, 11) is 0. The van der Waals surface area contributed by atoms with Gasteiger partial charge in [-0.2, -0.15) is 0 Å². The number of hydrogen-bond donors (Lipinski definition) is 0. The van der Waals surface area contributed by atoms with Crippen molar-refractivity contribution in [3.05, 3.63) is 56.5 Å². The highest BCUT2D eigenvalue weighted by molar-refractivity contribution is 7.22. The van der Waals surface area contributed by atoms with E-state index in [1.807, 2.05) is 19.1 Å². The molecule has 0 radical (unpaired) electrons. The molecule has 0 atom stereocenters. The van der Waals surface area contributed by atoms with Crippen molar-refractivity contribution in [2.75, 3.05) is 44.3 Å². The van der Waals surface area contributed by atoms with Crippen LogP contribution >= 0.6 is 58.5 Å². The van der Waals surface area contributed by atoms with Crippen LogP contribution in [-0.2, 0) is 4.74 Å². The number of halogens is 4. The molecule has 0 unspecified atom stereocenters. The normalized spacial score (nSPS) is 14.5. The van der Waals surface area contributed by atoms with Gasteiger partial charge < -0.3 is 4.74 Å². The molecular weight excluding hydrogens is 500 g/mol. The van der Waals surface area contributed by atoms with E-state index in [2.05, 4.69) is 4.90 Å². The van der Waals surface area contributed by atoms with Crippen LogP contribution in [0.25, 0.3) is 10.2 Å². The number of fused-ring (bicyclic) bond motifs is 1. The minimum atomic E-state index is -0.224. The highest BCUT2D eigenvalue weighted by Crippen LogP contribution is 2.34. The Morgan fingerprint density at radius 1 is 1.16 bits per heavy atom. The van der Waals surface area contributed by atoms with Gasteiger partial charge in [0.15, 0.2) is 5.13 Å². The molecule has 1 fully saturated rings. The van der Waals surface area contributed by atoms with Crippen LogP contribution in [0, 0.1) is 6.92 Å². The standard InChI is InChI=1S/C21H20Cl3N3O2S.ClH/c1-13-10-15(23)12-18-19(13)25-21(30-18)27(5-4-26-6-8-29-9-7-26)20(28)16-11-14(22)2-3-17(16)24;/h2-3,10-12H,4-9H2,1H3;1H. The number of carbonyl (C=O) groups excluding carboxylic acids is 1. The summed E-state index contributed by atoms with van der Waals surface area (Å²) in [6.07, 6.45) is 0. The Balaban J connectivity index is 0.00000272. The minimum absolute atomic E-state index is 0. The first kappa shape index (κ1) is 24.5. The second-order valence-corrected chi connectivity index (χ2v) is 9.39. The van der Waals surface area contributed by atoms with Crippen LogP contribution in [-0.4, -0.2) is 55.2 Å². The SMILES string of the molecule is Cc1cc(Cl)cc2sc(N(CCN3CCOCC3)C(=O)c3cc(Cl)ccc3Cl)nc12.Cl. The third-order valence-corrected chi connectivity index (χ3v) is 6.83. The topological polar surface area (TPSA) is 45.7 Å². The highest BCUT2D eigenvalue weighted by atomic mass is 35.5. The van der Waals surface area contributed by atoms with Gasteiger partial charge in [-0.15, -0.1) is 12.4 Å². The van der Waals surface area contributed by atoms with Crippen LogP contribution in [0.1, 0.15) is 15.9 Å². The van der Waals surface area contributed by atoms with E-state index >= 15 is 0 Å². The van der Waals surface area contributed by atoms with Crippen LogP contribution < -0.4 is 4.90 Å². The number of anilines is 1. The number of rotatable bonds is 5. The quantitative estimate of drug-likeness (QED) is 0.416. The van der Waals surface area contributed by atoms with Crippen molar-refractivity contribution >= 4 is 79.8 Å². The molecule has 31 heavy (non-hydrogen) atoms. The zero-order valence-corrected chi connectivity index (χ0v) is 20.6. The van der Waals surface area contributed by atoms with Gasteiger partial charge in [-0.05, 0) is 42.8 Å². The number of amides is 1. The van der Waals surface area contributed by atoms with E-state index in [9.17, 15) is 4.79 Å². The number of morpholine rings is 1. The van der Waals surface area contributed by atoms with Gasteiger partial charge in [0, 0.05) is 36.2 Å². The summed E-state index contributed by atoms with van der Waals surface area (Å²) >= 11 is 20.1. The molecule has 0 N–H and O–H groups in total. The molecule has 4 rings (SSSR count). The fraction of sp³-hybridized carbons (Fsp3) is 0.333. The molecule has 0 bridgehead atoms. The van der Waals surface area contributed by atoms with Crippen molar-refractivity contribution in [3.63, 3.8) is 0 Å². The predicted molar refractivity (Wildman–Crippen MR) is 132 cm³/mol. The number of carbonyl (C=O) groups is 1. The lowest BCUT2D eigenvalue weighted by Crippen LogP contribution is -2.43. The lowest BCUT2D eigenvalue weighted by atomic mass is 10.2. The Kier molecular flexibility index (Phi) is 8.44. The van der Waals surface area contributed by atoms with Crippen molar-refractivity contribution < 1.29 is 9.53 Å². The smallest absolute Gasteiger partial charge is 0.261 e. The summed E-state index contributed by atoms with van der Waals surface area (Å²) in [5.74, 6) is -0.224. The molecule has 10 heteroatoms. The van der Waals surface area contributed by atoms with Crippen molar-refractivity contribution in [2.24, 2.45) is 0 Å². The largest absolute Gasteiger partial charge is 0.379 e. The van der Waals surface area contributed by atoms with E-state index in [-0.39, 0.29) is 18.3 Å². The fourth-order valence-electron chi connectivity index (χ4n) is 3.42. The van der Waals surface area contributed by atoms with E-state index in [4.69, 9.17) is 44.5 Å². The first-order valence-corrected chi connectivity index (χ1v) is 11.5. The number of aromatic nitrogens is 1. The maximum Gasteiger partial charge on any atom is 0.261 e. The molecule has 0 aliphatic carbocycles.